The number of rotatable bonds is 4. The summed E-state index contributed by atoms with van der Waals surface area (Å²) in [6, 6.07) is 10.0. The van der Waals surface area contributed by atoms with Crippen molar-refractivity contribution in [2.45, 2.75) is 18.2 Å². The number of halogens is 3. The Balaban J connectivity index is 2.51. The molecule has 0 aromatic heterocycles. The van der Waals surface area contributed by atoms with E-state index < -0.39 is 16.5 Å². The van der Waals surface area contributed by atoms with Gasteiger partial charge in [-0.2, -0.15) is 0 Å². The first-order valence-electron chi connectivity index (χ1n) is 6.33. The van der Waals surface area contributed by atoms with E-state index >= 15 is 0 Å². The van der Waals surface area contributed by atoms with E-state index in [1.807, 2.05) is 31.2 Å². The second kappa shape index (κ2) is 6.35. The minimum atomic E-state index is -0.616. The number of alkyl halides is 1. The van der Waals surface area contributed by atoms with Gasteiger partial charge < -0.3 is 4.74 Å². The highest BCUT2D eigenvalue weighted by Gasteiger charge is 2.22. The van der Waals surface area contributed by atoms with Crippen LogP contribution in [0.2, 0.25) is 0 Å². The predicted octanol–water partition coefficient (Wildman–Crippen LogP) is 5.02. The van der Waals surface area contributed by atoms with E-state index in [1.165, 1.54) is 19.2 Å². The highest BCUT2D eigenvalue weighted by atomic mass is 79.9. The number of methoxy groups -OCH3 is 1. The minimum Gasteiger partial charge on any atom is -0.497 e. The van der Waals surface area contributed by atoms with Crippen LogP contribution in [0.25, 0.3) is 0 Å². The summed E-state index contributed by atoms with van der Waals surface area (Å²) >= 11 is 3.41. The summed E-state index contributed by atoms with van der Waals surface area (Å²) in [4.78, 5) is -0.524. The van der Waals surface area contributed by atoms with Gasteiger partial charge in [0, 0.05) is 17.7 Å². The van der Waals surface area contributed by atoms with Gasteiger partial charge in [-0.25, -0.2) is 8.78 Å². The zero-order valence-electron chi connectivity index (χ0n) is 11.3. The largest absolute Gasteiger partial charge is 0.497 e. The zero-order valence-corrected chi connectivity index (χ0v) is 12.9. The lowest BCUT2D eigenvalue weighted by Crippen LogP contribution is -2.04. The normalized spacial score (nSPS) is 12.2. The Morgan fingerprint density at radius 1 is 1.15 bits per heavy atom. The van der Waals surface area contributed by atoms with Crippen LogP contribution < -0.4 is 4.74 Å². The third-order valence-corrected chi connectivity index (χ3v) is 4.20. The van der Waals surface area contributed by atoms with Crippen LogP contribution in [-0.4, -0.2) is 7.11 Å². The van der Waals surface area contributed by atoms with Gasteiger partial charge in [0.05, 0.1) is 11.9 Å². The molecule has 0 fully saturated rings. The molecule has 0 radical (unpaired) electrons. The maximum absolute atomic E-state index is 14.1. The molecule has 4 heteroatoms. The molecular weight excluding hydrogens is 326 g/mol. The molecule has 1 nitrogen and oxygen atoms in total. The molecule has 0 aliphatic heterocycles. The Labute approximate surface area is 125 Å². The summed E-state index contributed by atoms with van der Waals surface area (Å²) in [7, 11) is 1.38. The summed E-state index contributed by atoms with van der Waals surface area (Å²) in [6.07, 6.45) is 0.803. The monoisotopic (exact) mass is 340 g/mol. The first-order chi connectivity index (χ1) is 9.58. The molecule has 0 N–H and O–H groups in total. The Kier molecular flexibility index (Phi) is 4.76. The van der Waals surface area contributed by atoms with Gasteiger partial charge in [0.1, 0.15) is 17.4 Å². The van der Waals surface area contributed by atoms with Crippen LogP contribution in [0.5, 0.6) is 5.75 Å². The highest BCUT2D eigenvalue weighted by Crippen LogP contribution is 2.37. The number of aryl methyl sites for hydroxylation is 1. The molecular formula is C16H15BrF2O. The molecule has 0 spiro atoms. The fraction of sp³-hybridized carbons (Fsp3) is 0.250. The van der Waals surface area contributed by atoms with Crippen LogP contribution in [0.1, 0.15) is 28.4 Å². The maximum atomic E-state index is 14.1. The fourth-order valence-electron chi connectivity index (χ4n) is 2.18. The Morgan fingerprint density at radius 3 is 2.30 bits per heavy atom. The van der Waals surface area contributed by atoms with Crippen LogP contribution in [0, 0.1) is 11.6 Å². The van der Waals surface area contributed by atoms with Crippen LogP contribution in [0.4, 0.5) is 8.78 Å². The smallest absolute Gasteiger partial charge is 0.134 e. The molecule has 2 aromatic rings. The van der Waals surface area contributed by atoms with Gasteiger partial charge in [0.15, 0.2) is 0 Å². The van der Waals surface area contributed by atoms with Crippen molar-refractivity contribution in [3.63, 3.8) is 0 Å². The molecule has 20 heavy (non-hydrogen) atoms. The summed E-state index contributed by atoms with van der Waals surface area (Å²) in [6.45, 7) is 2.01. The van der Waals surface area contributed by atoms with Gasteiger partial charge in [-0.1, -0.05) is 47.1 Å². The molecule has 0 bridgehead atoms. The summed E-state index contributed by atoms with van der Waals surface area (Å²) in [5, 5.41) is 0. The van der Waals surface area contributed by atoms with E-state index in [4.69, 9.17) is 4.74 Å². The molecule has 106 valence electrons. The summed E-state index contributed by atoms with van der Waals surface area (Å²) in [5.41, 5.74) is 1.94. The van der Waals surface area contributed by atoms with E-state index in [9.17, 15) is 8.78 Å². The minimum absolute atomic E-state index is 0.00620. The lowest BCUT2D eigenvalue weighted by atomic mass is 9.97. The second-order valence-corrected chi connectivity index (χ2v) is 5.34. The van der Waals surface area contributed by atoms with Gasteiger partial charge in [0.25, 0.3) is 0 Å². The second-order valence-electron chi connectivity index (χ2n) is 4.42. The molecule has 2 aromatic carbocycles. The standard InChI is InChI=1S/C16H15BrF2O/c1-3-10-6-4-5-7-12(10)16(17)15-13(18)8-11(20-2)9-14(15)19/h4-9,16H,3H2,1-2H3. The number of hydrogen-bond donors (Lipinski definition) is 0. The van der Waals surface area contributed by atoms with Gasteiger partial charge in [-0.15, -0.1) is 0 Å². The first kappa shape index (κ1) is 15.0. The molecule has 0 aliphatic carbocycles. The van der Waals surface area contributed by atoms with Crippen molar-refractivity contribution in [3.8, 4) is 5.75 Å². The van der Waals surface area contributed by atoms with Crippen LogP contribution >= 0.6 is 15.9 Å². The molecule has 1 unspecified atom stereocenters. The van der Waals surface area contributed by atoms with Crippen molar-refractivity contribution in [3.05, 3.63) is 64.7 Å². The third-order valence-electron chi connectivity index (χ3n) is 3.25. The average Bonchev–Trinajstić information content (AvgIpc) is 2.46. The summed E-state index contributed by atoms with van der Waals surface area (Å²) in [5.74, 6) is -1.06. The van der Waals surface area contributed by atoms with E-state index in [0.717, 1.165) is 17.5 Å². The van der Waals surface area contributed by atoms with Crippen LogP contribution in [-0.2, 0) is 6.42 Å². The SMILES string of the molecule is CCc1ccccc1C(Br)c1c(F)cc(OC)cc1F. The van der Waals surface area contributed by atoms with Crippen molar-refractivity contribution in [1.82, 2.24) is 0 Å². The Morgan fingerprint density at radius 2 is 1.75 bits per heavy atom. The third kappa shape index (κ3) is 2.85. The zero-order chi connectivity index (χ0) is 14.7. The quantitative estimate of drug-likeness (QED) is 0.710. The summed E-state index contributed by atoms with van der Waals surface area (Å²) < 4.78 is 33.1. The van der Waals surface area contributed by atoms with E-state index in [1.54, 1.807) is 0 Å². The van der Waals surface area contributed by atoms with Crippen molar-refractivity contribution >= 4 is 15.9 Å². The first-order valence-corrected chi connectivity index (χ1v) is 7.24. The Bertz CT molecular complexity index is 590. The lowest BCUT2D eigenvalue weighted by Gasteiger charge is -2.17. The van der Waals surface area contributed by atoms with Crippen LogP contribution in [0.3, 0.4) is 0 Å². The van der Waals surface area contributed by atoms with Crippen molar-refractivity contribution < 1.29 is 13.5 Å². The Hall–Kier alpha value is -1.42. The number of ether oxygens (including phenoxy) is 1. The predicted molar refractivity (Wildman–Crippen MR) is 79.5 cm³/mol. The van der Waals surface area contributed by atoms with Crippen molar-refractivity contribution in [2.75, 3.05) is 7.11 Å². The number of hydrogen-bond acceptors (Lipinski definition) is 1. The molecule has 0 amide bonds. The maximum Gasteiger partial charge on any atom is 0.134 e. The van der Waals surface area contributed by atoms with Gasteiger partial charge in [0.2, 0.25) is 0 Å². The molecule has 1 atom stereocenters. The van der Waals surface area contributed by atoms with Gasteiger partial charge >= 0.3 is 0 Å². The number of benzene rings is 2. The van der Waals surface area contributed by atoms with Crippen LogP contribution in [0.15, 0.2) is 36.4 Å². The van der Waals surface area contributed by atoms with E-state index in [-0.39, 0.29) is 11.3 Å². The lowest BCUT2D eigenvalue weighted by molar-refractivity contribution is 0.405. The van der Waals surface area contributed by atoms with E-state index in [2.05, 4.69) is 15.9 Å². The van der Waals surface area contributed by atoms with Gasteiger partial charge in [-0.3, -0.25) is 0 Å². The molecule has 0 heterocycles. The molecule has 0 saturated carbocycles. The molecule has 0 saturated heterocycles. The molecule has 2 rings (SSSR count). The topological polar surface area (TPSA) is 9.23 Å². The molecule has 0 aliphatic rings. The average molecular weight is 341 g/mol. The fourth-order valence-corrected chi connectivity index (χ4v) is 3.06. The highest BCUT2D eigenvalue weighted by molar-refractivity contribution is 9.09. The van der Waals surface area contributed by atoms with E-state index in [0.29, 0.717) is 0 Å². The van der Waals surface area contributed by atoms with Crippen molar-refractivity contribution in [1.29, 1.82) is 0 Å². The van der Waals surface area contributed by atoms with Crippen molar-refractivity contribution in [2.24, 2.45) is 0 Å². The van der Waals surface area contributed by atoms with Gasteiger partial charge in [-0.05, 0) is 17.5 Å².